The SMILES string of the molecule is Nc1ccc(Br)cn1.Nc1ccc(Br)cn1. The number of nitrogens with zero attached hydrogens (tertiary/aromatic N) is 2. The quantitative estimate of drug-likeness (QED) is 0.769. The number of hydrogen-bond donors (Lipinski definition) is 2. The van der Waals surface area contributed by atoms with Crippen LogP contribution in [0, 0.1) is 0 Å². The van der Waals surface area contributed by atoms with E-state index in [2.05, 4.69) is 41.8 Å². The first-order valence-corrected chi connectivity index (χ1v) is 5.90. The van der Waals surface area contributed by atoms with Gasteiger partial charge in [-0.1, -0.05) is 0 Å². The van der Waals surface area contributed by atoms with Crippen LogP contribution in [-0.4, -0.2) is 9.97 Å². The van der Waals surface area contributed by atoms with Gasteiger partial charge >= 0.3 is 0 Å². The number of halogens is 2. The van der Waals surface area contributed by atoms with Gasteiger partial charge < -0.3 is 11.5 Å². The highest BCUT2D eigenvalue weighted by Crippen LogP contribution is 2.07. The largest absolute Gasteiger partial charge is 0.384 e. The summed E-state index contributed by atoms with van der Waals surface area (Å²) in [5.74, 6) is 1.10. The lowest BCUT2D eigenvalue weighted by Gasteiger charge is -1.88. The average molecular weight is 346 g/mol. The molecule has 0 saturated carbocycles. The van der Waals surface area contributed by atoms with E-state index in [9.17, 15) is 0 Å². The van der Waals surface area contributed by atoms with Crippen LogP contribution < -0.4 is 11.5 Å². The molecular weight excluding hydrogens is 336 g/mol. The fourth-order valence-electron chi connectivity index (χ4n) is 0.775. The van der Waals surface area contributed by atoms with Gasteiger partial charge in [0.1, 0.15) is 11.6 Å². The van der Waals surface area contributed by atoms with Crippen LogP contribution in [0.25, 0.3) is 0 Å². The zero-order valence-corrected chi connectivity index (χ0v) is 11.4. The number of nitrogens with two attached hydrogens (primary N) is 2. The van der Waals surface area contributed by atoms with Crippen LogP contribution in [0.3, 0.4) is 0 Å². The molecule has 0 unspecified atom stereocenters. The van der Waals surface area contributed by atoms with E-state index in [0.29, 0.717) is 11.6 Å². The van der Waals surface area contributed by atoms with Gasteiger partial charge in [0, 0.05) is 21.3 Å². The molecule has 0 aliphatic heterocycles. The first-order chi connectivity index (χ1) is 7.58. The van der Waals surface area contributed by atoms with Crippen LogP contribution in [0.1, 0.15) is 0 Å². The van der Waals surface area contributed by atoms with Crippen LogP contribution in [0.2, 0.25) is 0 Å². The third-order valence-corrected chi connectivity index (χ3v) is 2.44. The fourth-order valence-corrected chi connectivity index (χ4v) is 1.24. The maximum absolute atomic E-state index is 5.29. The molecule has 0 atom stereocenters. The van der Waals surface area contributed by atoms with Gasteiger partial charge in [0.2, 0.25) is 0 Å². The first-order valence-electron chi connectivity index (χ1n) is 4.32. The predicted octanol–water partition coefficient (Wildman–Crippen LogP) is 2.85. The van der Waals surface area contributed by atoms with E-state index in [1.165, 1.54) is 0 Å². The van der Waals surface area contributed by atoms with Gasteiger partial charge in [-0.05, 0) is 56.1 Å². The molecule has 2 aromatic rings. The normalized spacial score (nSPS) is 9.12. The van der Waals surface area contributed by atoms with Crippen molar-refractivity contribution in [2.45, 2.75) is 0 Å². The molecule has 84 valence electrons. The minimum absolute atomic E-state index is 0.549. The van der Waals surface area contributed by atoms with Gasteiger partial charge in [-0.2, -0.15) is 0 Å². The number of hydrogen-bond acceptors (Lipinski definition) is 4. The zero-order chi connectivity index (χ0) is 12.0. The number of anilines is 2. The smallest absolute Gasteiger partial charge is 0.123 e. The Balaban J connectivity index is 0.000000160. The van der Waals surface area contributed by atoms with E-state index in [4.69, 9.17) is 11.5 Å². The van der Waals surface area contributed by atoms with E-state index >= 15 is 0 Å². The third-order valence-electron chi connectivity index (χ3n) is 1.50. The minimum atomic E-state index is 0.549. The molecule has 4 nitrogen and oxygen atoms in total. The highest BCUT2D eigenvalue weighted by Gasteiger charge is 1.84. The molecule has 16 heavy (non-hydrogen) atoms. The van der Waals surface area contributed by atoms with Crippen molar-refractivity contribution in [1.29, 1.82) is 0 Å². The Kier molecular flexibility index (Phi) is 5.21. The van der Waals surface area contributed by atoms with Gasteiger partial charge in [0.05, 0.1) is 0 Å². The first kappa shape index (κ1) is 12.9. The Morgan fingerprint density at radius 2 is 1.12 bits per heavy atom. The molecule has 0 fully saturated rings. The van der Waals surface area contributed by atoms with Crippen LogP contribution >= 0.6 is 31.9 Å². The van der Waals surface area contributed by atoms with Crippen molar-refractivity contribution in [3.63, 3.8) is 0 Å². The summed E-state index contributed by atoms with van der Waals surface area (Å²) in [6.45, 7) is 0. The molecule has 6 heteroatoms. The van der Waals surface area contributed by atoms with Crippen molar-refractivity contribution in [2.24, 2.45) is 0 Å². The summed E-state index contributed by atoms with van der Waals surface area (Å²) in [4.78, 5) is 7.62. The van der Waals surface area contributed by atoms with E-state index < -0.39 is 0 Å². The minimum Gasteiger partial charge on any atom is -0.384 e. The van der Waals surface area contributed by atoms with Gasteiger partial charge in [-0.15, -0.1) is 0 Å². The lowest BCUT2D eigenvalue weighted by atomic mass is 10.5. The van der Waals surface area contributed by atoms with Crippen LogP contribution in [-0.2, 0) is 0 Å². The van der Waals surface area contributed by atoms with Crippen molar-refractivity contribution in [3.8, 4) is 0 Å². The lowest BCUT2D eigenvalue weighted by Crippen LogP contribution is -1.86. The number of rotatable bonds is 0. The van der Waals surface area contributed by atoms with Crippen molar-refractivity contribution >= 4 is 43.5 Å². The monoisotopic (exact) mass is 344 g/mol. The van der Waals surface area contributed by atoms with Gasteiger partial charge in [0.25, 0.3) is 0 Å². The van der Waals surface area contributed by atoms with E-state index in [0.717, 1.165) is 8.95 Å². The molecule has 2 heterocycles. The second kappa shape index (κ2) is 6.44. The molecule has 4 N–H and O–H groups in total. The highest BCUT2D eigenvalue weighted by molar-refractivity contribution is 9.10. The molecule has 2 rings (SSSR count). The molecule has 2 aromatic heterocycles. The molecule has 0 radical (unpaired) electrons. The molecule has 0 bridgehead atoms. The van der Waals surface area contributed by atoms with Crippen molar-refractivity contribution in [1.82, 2.24) is 9.97 Å². The van der Waals surface area contributed by atoms with Crippen molar-refractivity contribution in [2.75, 3.05) is 11.5 Å². The zero-order valence-electron chi connectivity index (χ0n) is 8.27. The molecule has 0 amide bonds. The van der Waals surface area contributed by atoms with Gasteiger partial charge in [0.15, 0.2) is 0 Å². The molecule has 0 aromatic carbocycles. The molecule has 0 saturated heterocycles. The Bertz CT molecular complexity index is 342. The Morgan fingerprint density at radius 1 is 0.750 bits per heavy atom. The standard InChI is InChI=1S/2C5H5BrN2/c2*6-4-1-2-5(7)8-3-4/h2*1-3H,(H2,7,8). The summed E-state index contributed by atoms with van der Waals surface area (Å²) < 4.78 is 1.90. The van der Waals surface area contributed by atoms with E-state index in [-0.39, 0.29) is 0 Å². The van der Waals surface area contributed by atoms with Gasteiger partial charge in [-0.3, -0.25) is 0 Å². The number of nitrogen functional groups attached to an aromatic ring is 2. The summed E-state index contributed by atoms with van der Waals surface area (Å²) in [6.07, 6.45) is 3.32. The van der Waals surface area contributed by atoms with Crippen molar-refractivity contribution in [3.05, 3.63) is 45.6 Å². The highest BCUT2D eigenvalue weighted by atomic mass is 79.9. The summed E-state index contributed by atoms with van der Waals surface area (Å²) in [5, 5.41) is 0. The molecule has 0 spiro atoms. The summed E-state index contributed by atoms with van der Waals surface area (Å²) in [6, 6.07) is 7.18. The lowest BCUT2D eigenvalue weighted by molar-refractivity contribution is 1.32. The number of aromatic nitrogens is 2. The number of pyridine rings is 2. The molecule has 0 aliphatic carbocycles. The Morgan fingerprint density at radius 3 is 1.31 bits per heavy atom. The van der Waals surface area contributed by atoms with Crippen LogP contribution in [0.4, 0.5) is 11.6 Å². The predicted molar refractivity (Wildman–Crippen MR) is 72.7 cm³/mol. The second-order valence-electron chi connectivity index (χ2n) is 2.80. The topological polar surface area (TPSA) is 77.8 Å². The fraction of sp³-hybridized carbons (Fsp3) is 0. The summed E-state index contributed by atoms with van der Waals surface area (Å²) >= 11 is 6.45. The Labute approximate surface area is 110 Å². The summed E-state index contributed by atoms with van der Waals surface area (Å²) in [7, 11) is 0. The molecular formula is C10H10Br2N4. The average Bonchev–Trinajstić information content (AvgIpc) is 2.28. The maximum Gasteiger partial charge on any atom is 0.123 e. The molecule has 0 aliphatic rings. The Hall–Kier alpha value is -1.14. The van der Waals surface area contributed by atoms with E-state index in [1.54, 1.807) is 24.5 Å². The van der Waals surface area contributed by atoms with Crippen LogP contribution in [0.5, 0.6) is 0 Å². The maximum atomic E-state index is 5.29. The van der Waals surface area contributed by atoms with Crippen molar-refractivity contribution < 1.29 is 0 Å². The van der Waals surface area contributed by atoms with Gasteiger partial charge in [-0.25, -0.2) is 9.97 Å². The van der Waals surface area contributed by atoms with Crippen LogP contribution in [0.15, 0.2) is 45.6 Å². The summed E-state index contributed by atoms with van der Waals surface area (Å²) in [5.41, 5.74) is 10.6. The second-order valence-corrected chi connectivity index (χ2v) is 4.63. The third kappa shape index (κ3) is 5.09. The van der Waals surface area contributed by atoms with E-state index in [1.807, 2.05) is 12.1 Å².